The van der Waals surface area contributed by atoms with Gasteiger partial charge in [0.2, 0.25) is 5.91 Å². The van der Waals surface area contributed by atoms with Crippen molar-refractivity contribution in [3.8, 4) is 6.07 Å². The summed E-state index contributed by atoms with van der Waals surface area (Å²) in [7, 11) is 0. The first-order valence-corrected chi connectivity index (χ1v) is 12.0. The fraction of sp³-hybridized carbons (Fsp3) is 0.269. The van der Waals surface area contributed by atoms with Crippen molar-refractivity contribution in [3.05, 3.63) is 71.4 Å². The van der Waals surface area contributed by atoms with E-state index in [0.29, 0.717) is 13.0 Å². The van der Waals surface area contributed by atoms with Crippen LogP contribution in [-0.4, -0.2) is 51.4 Å². The van der Waals surface area contributed by atoms with Crippen molar-refractivity contribution < 1.29 is 4.79 Å². The number of piperazine rings is 1. The van der Waals surface area contributed by atoms with Crippen LogP contribution in [0.1, 0.15) is 17.0 Å². The van der Waals surface area contributed by atoms with Crippen LogP contribution in [0, 0.1) is 11.3 Å². The molecular weight excluding hydrogens is 430 g/mol. The van der Waals surface area contributed by atoms with Gasteiger partial charge in [-0.15, -0.1) is 11.3 Å². The third-order valence-electron chi connectivity index (χ3n) is 6.07. The van der Waals surface area contributed by atoms with E-state index >= 15 is 0 Å². The second-order valence-corrected chi connectivity index (χ2v) is 9.33. The van der Waals surface area contributed by atoms with Crippen molar-refractivity contribution in [1.82, 2.24) is 19.4 Å². The first-order valence-electron chi connectivity index (χ1n) is 11.2. The Labute approximate surface area is 197 Å². The molecule has 6 nitrogen and oxygen atoms in total. The Hall–Kier alpha value is -3.47. The lowest BCUT2D eigenvalue weighted by Crippen LogP contribution is -2.47. The van der Waals surface area contributed by atoms with Crippen LogP contribution in [0.3, 0.4) is 0 Å². The highest BCUT2D eigenvalue weighted by Crippen LogP contribution is 2.24. The molecule has 1 aliphatic rings. The molecule has 0 unspecified atom stereocenters. The molecule has 0 atom stereocenters. The number of amides is 1. The molecule has 1 amide bonds. The topological polar surface area (TPSA) is 65.2 Å². The van der Waals surface area contributed by atoms with Gasteiger partial charge in [-0.1, -0.05) is 30.3 Å². The zero-order chi connectivity index (χ0) is 22.6. The largest absolute Gasteiger partial charge is 0.346 e. The highest BCUT2D eigenvalue weighted by molar-refractivity contribution is 7.18. The number of hydrogen-bond donors (Lipinski definition) is 0. The second kappa shape index (κ2) is 9.57. The van der Waals surface area contributed by atoms with E-state index in [1.54, 1.807) is 17.4 Å². The monoisotopic (exact) mass is 455 g/mol. The van der Waals surface area contributed by atoms with Gasteiger partial charge in [-0.25, -0.2) is 4.98 Å². The first kappa shape index (κ1) is 21.4. The number of nitriles is 1. The Morgan fingerprint density at radius 3 is 2.70 bits per heavy atom. The quantitative estimate of drug-likeness (QED) is 0.401. The number of thiazole rings is 1. The molecule has 0 aliphatic carbocycles. The minimum absolute atomic E-state index is 0.0449. The zero-order valence-corrected chi connectivity index (χ0v) is 19.2. The summed E-state index contributed by atoms with van der Waals surface area (Å²) in [5, 5.41) is 11.2. The van der Waals surface area contributed by atoms with Crippen molar-refractivity contribution in [1.29, 1.82) is 5.26 Å². The third kappa shape index (κ3) is 4.68. The minimum atomic E-state index is 0.0449. The summed E-state index contributed by atoms with van der Waals surface area (Å²) in [6.07, 6.45) is 6.07. The number of para-hydroxylation sites is 2. The fourth-order valence-corrected chi connectivity index (χ4v) is 5.34. The summed E-state index contributed by atoms with van der Waals surface area (Å²) < 4.78 is 3.31. The zero-order valence-electron chi connectivity index (χ0n) is 18.4. The summed E-state index contributed by atoms with van der Waals surface area (Å²) in [5.41, 5.74) is 3.15. The van der Waals surface area contributed by atoms with E-state index in [0.717, 1.165) is 59.7 Å². The van der Waals surface area contributed by atoms with Gasteiger partial charge in [0.15, 0.2) is 0 Å². The molecule has 0 bridgehead atoms. The Morgan fingerprint density at radius 1 is 1.09 bits per heavy atom. The van der Waals surface area contributed by atoms with Gasteiger partial charge in [-0.3, -0.25) is 9.69 Å². The molecule has 1 fully saturated rings. The van der Waals surface area contributed by atoms with E-state index in [2.05, 4.69) is 39.8 Å². The highest BCUT2D eigenvalue weighted by Gasteiger charge is 2.20. The molecule has 1 saturated heterocycles. The first-order chi connectivity index (χ1) is 16.2. The Morgan fingerprint density at radius 2 is 1.88 bits per heavy atom. The number of carbonyl (C=O) groups excluding carboxylic acids is 1. The molecule has 0 radical (unpaired) electrons. The molecule has 33 heavy (non-hydrogen) atoms. The van der Waals surface area contributed by atoms with Crippen LogP contribution in [0.15, 0.2) is 60.8 Å². The summed E-state index contributed by atoms with van der Waals surface area (Å²) in [5.74, 6) is 0.0449. The van der Waals surface area contributed by atoms with Crippen molar-refractivity contribution in [3.63, 3.8) is 0 Å². The summed E-state index contributed by atoms with van der Waals surface area (Å²) in [6.45, 7) is 4.62. The number of carbonyl (C=O) groups is 1. The molecule has 0 spiro atoms. The van der Waals surface area contributed by atoms with Crippen LogP contribution in [0.25, 0.3) is 27.2 Å². The van der Waals surface area contributed by atoms with Gasteiger partial charge in [0.05, 0.1) is 29.3 Å². The van der Waals surface area contributed by atoms with E-state index < -0.39 is 0 Å². The Balaban J connectivity index is 1.20. The highest BCUT2D eigenvalue weighted by atomic mass is 32.1. The molecule has 2 aromatic carbocycles. The maximum Gasteiger partial charge on any atom is 0.246 e. The number of aromatic nitrogens is 2. The molecule has 3 heterocycles. The van der Waals surface area contributed by atoms with E-state index in [1.165, 1.54) is 4.70 Å². The fourth-order valence-electron chi connectivity index (χ4n) is 4.34. The van der Waals surface area contributed by atoms with Gasteiger partial charge < -0.3 is 9.47 Å². The Kier molecular flexibility index (Phi) is 6.20. The Bertz CT molecular complexity index is 1320. The molecule has 166 valence electrons. The number of benzene rings is 2. The number of rotatable bonds is 6. The number of aryl methyl sites for hydroxylation is 1. The summed E-state index contributed by atoms with van der Waals surface area (Å²) >= 11 is 1.75. The standard InChI is InChI=1S/C26H25N5OS/c27-12-5-13-31-18-20(21-6-1-3-8-23(21)31)10-11-26(32)30-16-14-29(15-17-30)19-25-28-22-7-2-4-9-24(22)33-25/h1-4,6-11,18H,5,13-17,19H2/b11-10+. The maximum absolute atomic E-state index is 12.8. The predicted octanol–water partition coefficient (Wildman–Crippen LogP) is 4.52. The van der Waals surface area contributed by atoms with Crippen molar-refractivity contribution >= 4 is 44.4 Å². The summed E-state index contributed by atoms with van der Waals surface area (Å²) in [4.78, 5) is 21.8. The number of hydrogen-bond acceptors (Lipinski definition) is 5. The van der Waals surface area contributed by atoms with Crippen LogP contribution < -0.4 is 0 Å². The van der Waals surface area contributed by atoms with E-state index in [1.807, 2.05) is 41.4 Å². The van der Waals surface area contributed by atoms with Crippen LogP contribution in [0.2, 0.25) is 0 Å². The van der Waals surface area contributed by atoms with Crippen LogP contribution >= 0.6 is 11.3 Å². The lowest BCUT2D eigenvalue weighted by atomic mass is 10.1. The molecule has 2 aromatic heterocycles. The van der Waals surface area contributed by atoms with Gasteiger partial charge in [0.25, 0.3) is 0 Å². The van der Waals surface area contributed by atoms with Gasteiger partial charge in [-0.2, -0.15) is 5.26 Å². The third-order valence-corrected chi connectivity index (χ3v) is 7.09. The van der Waals surface area contributed by atoms with Gasteiger partial charge in [0, 0.05) is 61.5 Å². The summed E-state index contributed by atoms with van der Waals surface area (Å²) in [6, 6.07) is 18.5. The van der Waals surface area contributed by atoms with E-state index in [-0.39, 0.29) is 5.91 Å². The van der Waals surface area contributed by atoms with Crippen LogP contribution in [-0.2, 0) is 17.9 Å². The van der Waals surface area contributed by atoms with E-state index in [4.69, 9.17) is 10.2 Å². The molecular formula is C26H25N5OS. The van der Waals surface area contributed by atoms with Crippen LogP contribution in [0.4, 0.5) is 0 Å². The lowest BCUT2D eigenvalue weighted by molar-refractivity contribution is -0.127. The number of nitrogens with zero attached hydrogens (tertiary/aromatic N) is 5. The van der Waals surface area contributed by atoms with Crippen molar-refractivity contribution in [2.45, 2.75) is 19.5 Å². The van der Waals surface area contributed by atoms with Gasteiger partial charge in [0.1, 0.15) is 5.01 Å². The molecule has 0 saturated carbocycles. The number of fused-ring (bicyclic) bond motifs is 2. The smallest absolute Gasteiger partial charge is 0.246 e. The van der Waals surface area contributed by atoms with Gasteiger partial charge in [-0.05, 0) is 24.3 Å². The molecule has 0 N–H and O–H groups in total. The normalized spacial score (nSPS) is 14.9. The molecule has 4 aromatic rings. The maximum atomic E-state index is 12.8. The van der Waals surface area contributed by atoms with Crippen LogP contribution in [0.5, 0.6) is 0 Å². The molecule has 1 aliphatic heterocycles. The second-order valence-electron chi connectivity index (χ2n) is 8.21. The minimum Gasteiger partial charge on any atom is -0.346 e. The predicted molar refractivity (Wildman–Crippen MR) is 133 cm³/mol. The molecule has 5 rings (SSSR count). The lowest BCUT2D eigenvalue weighted by Gasteiger charge is -2.33. The average molecular weight is 456 g/mol. The molecule has 7 heteroatoms. The van der Waals surface area contributed by atoms with Crippen molar-refractivity contribution in [2.24, 2.45) is 0 Å². The van der Waals surface area contributed by atoms with Crippen molar-refractivity contribution in [2.75, 3.05) is 26.2 Å². The van der Waals surface area contributed by atoms with E-state index in [9.17, 15) is 4.79 Å². The SMILES string of the molecule is N#CCCn1cc(/C=C/C(=O)N2CCN(Cc3nc4ccccc4s3)CC2)c2ccccc21. The average Bonchev–Trinajstić information content (AvgIpc) is 3.42. The van der Waals surface area contributed by atoms with Gasteiger partial charge >= 0.3 is 0 Å².